The number of aromatic nitrogens is 2. The van der Waals surface area contributed by atoms with Gasteiger partial charge in [0.15, 0.2) is 0 Å². The molecule has 19 heavy (non-hydrogen) atoms. The molecule has 0 atom stereocenters. The summed E-state index contributed by atoms with van der Waals surface area (Å²) in [5.41, 5.74) is 3.41. The van der Waals surface area contributed by atoms with Gasteiger partial charge in [-0.1, -0.05) is 36.4 Å². The molecule has 0 N–H and O–H groups in total. The molecule has 2 heteroatoms. The summed E-state index contributed by atoms with van der Waals surface area (Å²) in [6.07, 6.45) is 0. The monoisotopic (exact) mass is 246 g/mol. The van der Waals surface area contributed by atoms with Gasteiger partial charge in [0.25, 0.3) is 0 Å². The molecule has 0 spiro atoms. The Hall–Kier alpha value is -2.35. The van der Waals surface area contributed by atoms with Crippen LogP contribution in [0.25, 0.3) is 32.8 Å². The van der Waals surface area contributed by atoms with Gasteiger partial charge in [-0.15, -0.1) is 0 Å². The number of pyridine rings is 1. The minimum atomic E-state index is 0.940. The third-order valence-corrected chi connectivity index (χ3v) is 3.76. The van der Waals surface area contributed by atoms with Crippen LogP contribution in [0.3, 0.4) is 0 Å². The van der Waals surface area contributed by atoms with Crippen LogP contribution in [0.1, 0.15) is 6.92 Å². The van der Waals surface area contributed by atoms with Crippen molar-refractivity contribution in [3.63, 3.8) is 0 Å². The smallest absolute Gasteiger partial charge is 0.141 e. The summed E-state index contributed by atoms with van der Waals surface area (Å²) in [5, 5.41) is 3.74. The molecule has 2 aromatic heterocycles. The van der Waals surface area contributed by atoms with Crippen molar-refractivity contribution in [2.45, 2.75) is 13.5 Å². The fraction of sp³-hybridized carbons (Fsp3) is 0.118. The molecule has 92 valence electrons. The van der Waals surface area contributed by atoms with Crippen molar-refractivity contribution in [3.8, 4) is 0 Å². The van der Waals surface area contributed by atoms with Gasteiger partial charge < -0.3 is 4.57 Å². The van der Waals surface area contributed by atoms with E-state index in [0.717, 1.165) is 17.7 Å². The Balaban J connectivity index is 2.29. The first kappa shape index (κ1) is 10.6. The Morgan fingerprint density at radius 2 is 1.74 bits per heavy atom. The minimum Gasteiger partial charge on any atom is -0.326 e. The van der Waals surface area contributed by atoms with Gasteiger partial charge in [0, 0.05) is 22.7 Å². The average Bonchev–Trinajstić information content (AvgIpc) is 2.78. The van der Waals surface area contributed by atoms with E-state index in [2.05, 4.69) is 60.0 Å². The standard InChI is InChI=1S/C17H14N2/c1-2-19-16-10-6-4-8-13(16)14-11-12-7-3-5-9-15(12)18-17(14)19/h3-11H,2H2,1H3. The lowest BCUT2D eigenvalue weighted by atomic mass is 10.1. The molecule has 4 rings (SSSR count). The number of aryl methyl sites for hydroxylation is 1. The van der Waals surface area contributed by atoms with Crippen molar-refractivity contribution in [1.82, 2.24) is 9.55 Å². The van der Waals surface area contributed by atoms with Gasteiger partial charge >= 0.3 is 0 Å². The van der Waals surface area contributed by atoms with Crippen LogP contribution in [-0.4, -0.2) is 9.55 Å². The zero-order chi connectivity index (χ0) is 12.8. The summed E-state index contributed by atoms with van der Waals surface area (Å²) in [4.78, 5) is 4.85. The minimum absolute atomic E-state index is 0.940. The summed E-state index contributed by atoms with van der Waals surface area (Å²) in [5.74, 6) is 0. The van der Waals surface area contributed by atoms with Gasteiger partial charge in [0.05, 0.1) is 11.0 Å². The third kappa shape index (κ3) is 1.40. The van der Waals surface area contributed by atoms with E-state index in [1.54, 1.807) is 0 Å². The maximum Gasteiger partial charge on any atom is 0.141 e. The van der Waals surface area contributed by atoms with Crippen molar-refractivity contribution in [3.05, 3.63) is 54.6 Å². The Labute approximate surface area is 111 Å². The van der Waals surface area contributed by atoms with E-state index in [4.69, 9.17) is 4.98 Å². The molecule has 4 aromatic rings. The molecule has 0 aliphatic rings. The van der Waals surface area contributed by atoms with Gasteiger partial charge in [-0.2, -0.15) is 0 Å². The van der Waals surface area contributed by atoms with Crippen molar-refractivity contribution in [2.75, 3.05) is 0 Å². The number of fused-ring (bicyclic) bond motifs is 4. The van der Waals surface area contributed by atoms with Crippen molar-refractivity contribution >= 4 is 32.8 Å². The number of rotatable bonds is 1. The first-order chi connectivity index (χ1) is 9.38. The van der Waals surface area contributed by atoms with Gasteiger partial charge in [0.1, 0.15) is 5.65 Å². The molecule has 2 aromatic carbocycles. The van der Waals surface area contributed by atoms with Crippen LogP contribution in [0.4, 0.5) is 0 Å². The highest BCUT2D eigenvalue weighted by atomic mass is 15.0. The van der Waals surface area contributed by atoms with E-state index < -0.39 is 0 Å². The second-order valence-electron chi connectivity index (χ2n) is 4.81. The maximum atomic E-state index is 4.85. The fourth-order valence-corrected chi connectivity index (χ4v) is 2.88. The van der Waals surface area contributed by atoms with Crippen molar-refractivity contribution in [2.24, 2.45) is 0 Å². The molecule has 0 radical (unpaired) electrons. The molecule has 0 unspecified atom stereocenters. The molecule has 2 nitrogen and oxygen atoms in total. The number of hydrogen-bond donors (Lipinski definition) is 0. The zero-order valence-electron chi connectivity index (χ0n) is 10.8. The highest BCUT2D eigenvalue weighted by Crippen LogP contribution is 2.30. The summed E-state index contributed by atoms with van der Waals surface area (Å²) in [7, 11) is 0. The molecule has 0 amide bonds. The van der Waals surface area contributed by atoms with Gasteiger partial charge in [-0.25, -0.2) is 4.98 Å². The molecular weight excluding hydrogens is 232 g/mol. The number of benzene rings is 2. The lowest BCUT2D eigenvalue weighted by Crippen LogP contribution is -1.95. The van der Waals surface area contributed by atoms with Crippen LogP contribution < -0.4 is 0 Å². The Kier molecular flexibility index (Phi) is 2.12. The van der Waals surface area contributed by atoms with Crippen LogP contribution >= 0.6 is 0 Å². The molecule has 0 saturated heterocycles. The van der Waals surface area contributed by atoms with E-state index in [9.17, 15) is 0 Å². The predicted molar refractivity (Wildman–Crippen MR) is 80.4 cm³/mol. The summed E-state index contributed by atoms with van der Waals surface area (Å²) in [6, 6.07) is 19.1. The summed E-state index contributed by atoms with van der Waals surface area (Å²) in [6.45, 7) is 3.11. The SMILES string of the molecule is CCn1c2ccccc2c2cc3ccccc3nc21. The van der Waals surface area contributed by atoms with Crippen LogP contribution in [0.15, 0.2) is 54.6 Å². The van der Waals surface area contributed by atoms with Crippen LogP contribution in [0.2, 0.25) is 0 Å². The first-order valence-electron chi connectivity index (χ1n) is 6.65. The van der Waals surface area contributed by atoms with Crippen LogP contribution in [0, 0.1) is 0 Å². The van der Waals surface area contributed by atoms with E-state index >= 15 is 0 Å². The van der Waals surface area contributed by atoms with Gasteiger partial charge in [0.2, 0.25) is 0 Å². The van der Waals surface area contributed by atoms with Crippen LogP contribution in [0.5, 0.6) is 0 Å². The topological polar surface area (TPSA) is 17.8 Å². The quantitative estimate of drug-likeness (QED) is 0.488. The molecule has 0 aliphatic heterocycles. The number of hydrogen-bond acceptors (Lipinski definition) is 1. The van der Waals surface area contributed by atoms with E-state index in [-0.39, 0.29) is 0 Å². The number of para-hydroxylation sites is 2. The molecule has 0 bridgehead atoms. The Bertz CT molecular complexity index is 903. The zero-order valence-corrected chi connectivity index (χ0v) is 10.8. The molecule has 0 aliphatic carbocycles. The number of nitrogens with zero attached hydrogens (tertiary/aromatic N) is 2. The van der Waals surface area contributed by atoms with Crippen molar-refractivity contribution in [1.29, 1.82) is 0 Å². The van der Waals surface area contributed by atoms with E-state index in [1.807, 2.05) is 6.07 Å². The molecule has 0 fully saturated rings. The van der Waals surface area contributed by atoms with Gasteiger partial charge in [-0.05, 0) is 25.1 Å². The first-order valence-corrected chi connectivity index (χ1v) is 6.65. The van der Waals surface area contributed by atoms with E-state index in [1.165, 1.54) is 21.7 Å². The maximum absolute atomic E-state index is 4.85. The fourth-order valence-electron chi connectivity index (χ4n) is 2.88. The highest BCUT2D eigenvalue weighted by Gasteiger charge is 2.10. The molecule has 2 heterocycles. The summed E-state index contributed by atoms with van der Waals surface area (Å²) < 4.78 is 2.29. The second-order valence-corrected chi connectivity index (χ2v) is 4.81. The largest absolute Gasteiger partial charge is 0.326 e. The van der Waals surface area contributed by atoms with E-state index in [0.29, 0.717) is 0 Å². The third-order valence-electron chi connectivity index (χ3n) is 3.76. The highest BCUT2D eigenvalue weighted by molar-refractivity contribution is 6.09. The van der Waals surface area contributed by atoms with Crippen LogP contribution in [-0.2, 0) is 6.54 Å². The van der Waals surface area contributed by atoms with Gasteiger partial charge in [-0.3, -0.25) is 0 Å². The Morgan fingerprint density at radius 1 is 0.947 bits per heavy atom. The average molecular weight is 246 g/mol. The normalized spacial score (nSPS) is 11.6. The second kappa shape index (κ2) is 3.82. The molecule has 0 saturated carbocycles. The Morgan fingerprint density at radius 3 is 2.63 bits per heavy atom. The molecular formula is C17H14N2. The lowest BCUT2D eigenvalue weighted by Gasteiger charge is -2.02. The predicted octanol–water partition coefficient (Wildman–Crippen LogP) is 4.36. The lowest BCUT2D eigenvalue weighted by molar-refractivity contribution is 0.818. The van der Waals surface area contributed by atoms with Crippen molar-refractivity contribution < 1.29 is 0 Å². The summed E-state index contributed by atoms with van der Waals surface area (Å²) >= 11 is 0.